The van der Waals surface area contributed by atoms with Crippen molar-refractivity contribution in [1.82, 2.24) is 9.66 Å². The Morgan fingerprint density at radius 1 is 1.30 bits per heavy atom. The van der Waals surface area contributed by atoms with Crippen LogP contribution in [0, 0.1) is 0 Å². The van der Waals surface area contributed by atoms with E-state index in [1.54, 1.807) is 7.11 Å². The summed E-state index contributed by atoms with van der Waals surface area (Å²) >= 11 is 3.51. The summed E-state index contributed by atoms with van der Waals surface area (Å²) in [6.45, 7) is 6.13. The molecule has 0 unspecified atom stereocenters. The second kappa shape index (κ2) is 5.01. The SMILES string of the molecule is COc1ccc(Br)c(-c2nc(C(C)(C)C)n(N)c2N)c1. The standard InChI is InChI=1S/C14H19BrN4O/c1-14(2,3)13-18-11(12(16)19(13)17)9-7-8(20-4)5-6-10(9)15/h5-7H,16-17H2,1-4H3. The van der Waals surface area contributed by atoms with E-state index < -0.39 is 0 Å². The number of nitrogens with two attached hydrogens (primary N) is 2. The van der Waals surface area contributed by atoms with E-state index in [1.807, 2.05) is 39.0 Å². The number of halogens is 1. The fraction of sp³-hybridized carbons (Fsp3) is 0.357. The number of nitrogens with zero attached hydrogens (tertiary/aromatic N) is 2. The molecule has 0 radical (unpaired) electrons. The molecule has 2 rings (SSSR count). The van der Waals surface area contributed by atoms with E-state index >= 15 is 0 Å². The van der Waals surface area contributed by atoms with E-state index in [-0.39, 0.29) is 5.41 Å². The van der Waals surface area contributed by atoms with Crippen molar-refractivity contribution in [1.29, 1.82) is 0 Å². The molecule has 4 N–H and O–H groups in total. The largest absolute Gasteiger partial charge is 0.497 e. The molecule has 6 heteroatoms. The first kappa shape index (κ1) is 14.7. The number of ether oxygens (including phenoxy) is 1. The molecule has 0 fully saturated rings. The van der Waals surface area contributed by atoms with Crippen LogP contribution in [0.2, 0.25) is 0 Å². The zero-order chi connectivity index (χ0) is 15.1. The van der Waals surface area contributed by atoms with Gasteiger partial charge in [0.25, 0.3) is 0 Å². The van der Waals surface area contributed by atoms with Gasteiger partial charge < -0.3 is 16.3 Å². The number of imidazole rings is 1. The fourth-order valence-electron chi connectivity index (χ4n) is 1.99. The molecule has 0 aliphatic heterocycles. The van der Waals surface area contributed by atoms with Gasteiger partial charge in [0, 0.05) is 15.5 Å². The summed E-state index contributed by atoms with van der Waals surface area (Å²) in [5, 5.41) is 0. The zero-order valence-corrected chi connectivity index (χ0v) is 13.7. The highest BCUT2D eigenvalue weighted by Crippen LogP contribution is 2.36. The van der Waals surface area contributed by atoms with Crippen LogP contribution >= 0.6 is 15.9 Å². The number of methoxy groups -OCH3 is 1. The molecule has 5 nitrogen and oxygen atoms in total. The smallest absolute Gasteiger partial charge is 0.150 e. The summed E-state index contributed by atoms with van der Waals surface area (Å²) < 4.78 is 7.59. The maximum absolute atomic E-state index is 6.11. The van der Waals surface area contributed by atoms with E-state index in [4.69, 9.17) is 16.3 Å². The Labute approximate surface area is 127 Å². The minimum atomic E-state index is -0.188. The lowest BCUT2D eigenvalue weighted by molar-refractivity contribution is 0.415. The Morgan fingerprint density at radius 2 is 1.95 bits per heavy atom. The van der Waals surface area contributed by atoms with Gasteiger partial charge in [-0.05, 0) is 18.2 Å². The number of nitrogen functional groups attached to an aromatic ring is 2. The predicted molar refractivity (Wildman–Crippen MR) is 85.2 cm³/mol. The number of aromatic nitrogens is 2. The average Bonchev–Trinajstić information content (AvgIpc) is 2.67. The zero-order valence-electron chi connectivity index (χ0n) is 12.1. The maximum atomic E-state index is 6.11. The monoisotopic (exact) mass is 338 g/mol. The van der Waals surface area contributed by atoms with Crippen molar-refractivity contribution < 1.29 is 4.74 Å². The summed E-state index contributed by atoms with van der Waals surface area (Å²) in [4.78, 5) is 4.61. The lowest BCUT2D eigenvalue weighted by Gasteiger charge is -2.17. The minimum Gasteiger partial charge on any atom is -0.497 e. The predicted octanol–water partition coefficient (Wildman–Crippen LogP) is 2.91. The molecule has 0 aliphatic rings. The first-order chi connectivity index (χ1) is 9.25. The van der Waals surface area contributed by atoms with Crippen molar-refractivity contribution >= 4 is 21.7 Å². The maximum Gasteiger partial charge on any atom is 0.150 e. The van der Waals surface area contributed by atoms with Crippen LogP contribution < -0.4 is 16.3 Å². The Hall–Kier alpha value is -1.69. The van der Waals surface area contributed by atoms with Gasteiger partial charge in [-0.25, -0.2) is 9.66 Å². The molecule has 0 saturated heterocycles. The van der Waals surface area contributed by atoms with Crippen LogP contribution in [0.15, 0.2) is 22.7 Å². The van der Waals surface area contributed by atoms with Crippen molar-refractivity contribution in [3.63, 3.8) is 0 Å². The van der Waals surface area contributed by atoms with Crippen molar-refractivity contribution in [2.75, 3.05) is 18.7 Å². The van der Waals surface area contributed by atoms with E-state index in [2.05, 4.69) is 20.9 Å². The van der Waals surface area contributed by atoms with Gasteiger partial charge >= 0.3 is 0 Å². The summed E-state index contributed by atoms with van der Waals surface area (Å²) in [5.74, 6) is 7.94. The lowest BCUT2D eigenvalue weighted by Crippen LogP contribution is -2.24. The Morgan fingerprint density at radius 3 is 2.45 bits per heavy atom. The van der Waals surface area contributed by atoms with Gasteiger partial charge in [0.05, 0.1) is 7.11 Å². The molecular weight excluding hydrogens is 320 g/mol. The van der Waals surface area contributed by atoms with E-state index in [9.17, 15) is 0 Å². The normalized spacial score (nSPS) is 11.7. The quantitative estimate of drug-likeness (QED) is 0.825. The summed E-state index contributed by atoms with van der Waals surface area (Å²) in [5.41, 5.74) is 7.43. The third kappa shape index (κ3) is 2.47. The molecule has 0 spiro atoms. The molecule has 1 aromatic carbocycles. The molecule has 0 saturated carbocycles. The van der Waals surface area contributed by atoms with E-state index in [0.29, 0.717) is 11.5 Å². The van der Waals surface area contributed by atoms with Gasteiger partial charge in [-0.15, -0.1) is 0 Å². The molecule has 0 amide bonds. The molecule has 2 aromatic rings. The molecule has 0 atom stereocenters. The van der Waals surface area contributed by atoms with Crippen LogP contribution in [0.3, 0.4) is 0 Å². The van der Waals surface area contributed by atoms with E-state index in [1.165, 1.54) is 4.68 Å². The second-order valence-corrected chi connectivity index (χ2v) is 6.49. The number of rotatable bonds is 2. The van der Waals surface area contributed by atoms with Crippen molar-refractivity contribution in [2.45, 2.75) is 26.2 Å². The van der Waals surface area contributed by atoms with Crippen LogP contribution in [-0.2, 0) is 5.41 Å². The summed E-state index contributed by atoms with van der Waals surface area (Å²) in [6, 6.07) is 5.66. The molecule has 1 aromatic heterocycles. The van der Waals surface area contributed by atoms with Crippen LogP contribution in [0.5, 0.6) is 5.75 Å². The molecule has 0 bridgehead atoms. The highest BCUT2D eigenvalue weighted by Gasteiger charge is 2.25. The third-order valence-corrected chi connectivity index (χ3v) is 3.74. The molecule has 1 heterocycles. The van der Waals surface area contributed by atoms with Crippen LogP contribution in [-0.4, -0.2) is 16.8 Å². The number of benzene rings is 1. The van der Waals surface area contributed by atoms with Gasteiger partial charge in [-0.1, -0.05) is 36.7 Å². The lowest BCUT2D eigenvalue weighted by atomic mass is 9.96. The topological polar surface area (TPSA) is 79.1 Å². The van der Waals surface area contributed by atoms with Crippen LogP contribution in [0.4, 0.5) is 5.82 Å². The number of hydrogen-bond donors (Lipinski definition) is 2. The van der Waals surface area contributed by atoms with Gasteiger partial charge in [0.2, 0.25) is 0 Å². The van der Waals surface area contributed by atoms with E-state index in [0.717, 1.165) is 21.6 Å². The van der Waals surface area contributed by atoms with Gasteiger partial charge in [0.1, 0.15) is 17.3 Å². The summed E-state index contributed by atoms with van der Waals surface area (Å²) in [6.07, 6.45) is 0. The minimum absolute atomic E-state index is 0.188. The first-order valence-corrected chi connectivity index (χ1v) is 7.02. The summed E-state index contributed by atoms with van der Waals surface area (Å²) in [7, 11) is 1.62. The Bertz CT molecular complexity index is 643. The number of hydrogen-bond acceptors (Lipinski definition) is 4. The fourth-order valence-corrected chi connectivity index (χ4v) is 2.42. The Balaban J connectivity index is 2.65. The van der Waals surface area contributed by atoms with Crippen LogP contribution in [0.25, 0.3) is 11.3 Å². The highest BCUT2D eigenvalue weighted by atomic mass is 79.9. The molecule has 20 heavy (non-hydrogen) atoms. The van der Waals surface area contributed by atoms with Crippen LogP contribution in [0.1, 0.15) is 26.6 Å². The van der Waals surface area contributed by atoms with Gasteiger partial charge in [-0.3, -0.25) is 0 Å². The van der Waals surface area contributed by atoms with Crippen molar-refractivity contribution in [3.8, 4) is 17.0 Å². The van der Waals surface area contributed by atoms with Gasteiger partial charge in [-0.2, -0.15) is 0 Å². The van der Waals surface area contributed by atoms with Gasteiger partial charge in [0.15, 0.2) is 5.82 Å². The van der Waals surface area contributed by atoms with Crippen molar-refractivity contribution in [2.24, 2.45) is 0 Å². The second-order valence-electron chi connectivity index (χ2n) is 5.64. The average molecular weight is 339 g/mol. The molecule has 108 valence electrons. The first-order valence-electron chi connectivity index (χ1n) is 6.23. The van der Waals surface area contributed by atoms with Crippen molar-refractivity contribution in [3.05, 3.63) is 28.5 Å². The number of anilines is 1. The molecular formula is C14H19BrN4O. The Kier molecular flexibility index (Phi) is 3.69. The highest BCUT2D eigenvalue weighted by molar-refractivity contribution is 9.10. The molecule has 0 aliphatic carbocycles. The third-order valence-electron chi connectivity index (χ3n) is 3.05.